The summed E-state index contributed by atoms with van der Waals surface area (Å²) >= 11 is 0. The first-order chi connectivity index (χ1) is 7.04. The van der Waals surface area contributed by atoms with Gasteiger partial charge in [0.15, 0.2) is 6.10 Å². The molecule has 0 unspecified atom stereocenters. The van der Waals surface area contributed by atoms with Gasteiger partial charge in [-0.15, -0.1) is 0 Å². The first-order valence-corrected chi connectivity index (χ1v) is 4.15. The Labute approximate surface area is 83.2 Å². The fourth-order valence-electron chi connectivity index (χ4n) is 0.716. The predicted octanol–water partition coefficient (Wildman–Crippen LogP) is -1.99. The lowest BCUT2D eigenvalue weighted by Gasteiger charge is -2.19. The van der Waals surface area contributed by atoms with Crippen LogP contribution in [-0.4, -0.2) is 57.9 Å². The summed E-state index contributed by atoms with van der Waals surface area (Å²) in [6.45, 7) is -0.704. The minimum atomic E-state index is -1.89. The monoisotopic (exact) mass is 209 g/mol. The second-order valence-electron chi connectivity index (χ2n) is 2.71. The van der Waals surface area contributed by atoms with Gasteiger partial charge in [0, 0.05) is 1.37 Å². The minimum absolute atomic E-state index is 0.0265. The number of aliphatic hydroxyl groups excluding tert-OH is 4. The van der Waals surface area contributed by atoms with Crippen LogP contribution in [0.1, 0.15) is 14.7 Å². The number of carbonyl (C=O) groups excluding carboxylic acids is 1. The van der Waals surface area contributed by atoms with Gasteiger partial charge in [0.2, 0.25) is 0 Å². The molecule has 0 radical (unpaired) electrons. The number of hydrogen-bond acceptors (Lipinski definition) is 6. The molecule has 4 N–H and O–H groups in total. The van der Waals surface area contributed by atoms with Crippen molar-refractivity contribution in [3.8, 4) is 0 Å². The van der Waals surface area contributed by atoms with Crippen LogP contribution in [0.2, 0.25) is 0 Å². The zero-order valence-corrected chi connectivity index (χ0v) is 7.67. The van der Waals surface area contributed by atoms with E-state index in [2.05, 4.69) is 4.74 Å². The summed E-state index contributed by atoms with van der Waals surface area (Å²) in [5.74, 6) is -1.08. The molecule has 0 heterocycles. The number of hydrogen-bond donors (Lipinski definition) is 4. The molecule has 6 heteroatoms. The molecule has 0 rings (SSSR count). The second-order valence-corrected chi connectivity index (χ2v) is 2.71. The van der Waals surface area contributed by atoms with Crippen LogP contribution in [0.25, 0.3) is 0 Å². The molecule has 84 valence electrons. The van der Waals surface area contributed by atoms with E-state index in [9.17, 15) is 4.79 Å². The lowest BCUT2D eigenvalue weighted by molar-refractivity contribution is -0.165. The van der Waals surface area contributed by atoms with Gasteiger partial charge in [0.05, 0.1) is 13.2 Å². The highest BCUT2D eigenvalue weighted by atomic mass is 16.5. The lowest BCUT2D eigenvalue weighted by atomic mass is 10.1. The summed E-state index contributed by atoms with van der Waals surface area (Å²) in [4.78, 5) is 11.0. The summed E-state index contributed by atoms with van der Waals surface area (Å²) in [6.07, 6.45) is -4.93. The summed E-state index contributed by atoms with van der Waals surface area (Å²) in [6, 6.07) is 0. The van der Waals surface area contributed by atoms with E-state index in [0.717, 1.165) is 0 Å². The molecule has 0 spiro atoms. The zero-order valence-electron chi connectivity index (χ0n) is 8.67. The molecule has 0 aromatic rings. The molecule has 0 aliphatic carbocycles. The molecule has 0 saturated carbocycles. The SMILES string of the molecule is [2H]CCCOC(=O)[C@@H](O)[C@H](O)[C@H](O)CO. The number of ether oxygens (including phenoxy) is 1. The van der Waals surface area contributed by atoms with Gasteiger partial charge in [-0.05, 0) is 6.42 Å². The molecule has 0 aliphatic rings. The van der Waals surface area contributed by atoms with Crippen molar-refractivity contribution in [3.63, 3.8) is 0 Å². The van der Waals surface area contributed by atoms with Crippen LogP contribution in [0.5, 0.6) is 0 Å². The maximum atomic E-state index is 11.0. The van der Waals surface area contributed by atoms with Crippen molar-refractivity contribution in [1.29, 1.82) is 0 Å². The molecule has 0 aromatic heterocycles. The highest BCUT2D eigenvalue weighted by molar-refractivity contribution is 5.75. The van der Waals surface area contributed by atoms with E-state index in [1.807, 2.05) is 0 Å². The molecule has 0 bridgehead atoms. The molecule has 14 heavy (non-hydrogen) atoms. The van der Waals surface area contributed by atoms with E-state index in [-0.39, 0.29) is 13.5 Å². The van der Waals surface area contributed by atoms with Gasteiger partial charge < -0.3 is 25.2 Å². The maximum Gasteiger partial charge on any atom is 0.337 e. The highest BCUT2D eigenvalue weighted by Crippen LogP contribution is 2.02. The van der Waals surface area contributed by atoms with E-state index in [0.29, 0.717) is 6.42 Å². The van der Waals surface area contributed by atoms with E-state index < -0.39 is 30.9 Å². The summed E-state index contributed by atoms with van der Waals surface area (Å²) in [7, 11) is 0. The molecule has 0 saturated heterocycles. The molecule has 0 aromatic carbocycles. The Morgan fingerprint density at radius 2 is 2.14 bits per heavy atom. The van der Waals surface area contributed by atoms with Crippen molar-refractivity contribution < 1.29 is 31.3 Å². The van der Waals surface area contributed by atoms with Gasteiger partial charge in [0.1, 0.15) is 12.2 Å². The van der Waals surface area contributed by atoms with Crippen molar-refractivity contribution in [2.45, 2.75) is 31.6 Å². The van der Waals surface area contributed by atoms with Crippen LogP contribution in [0, 0.1) is 0 Å². The zero-order chi connectivity index (χ0) is 11.8. The van der Waals surface area contributed by atoms with Gasteiger partial charge in [0.25, 0.3) is 0 Å². The third-order valence-corrected chi connectivity index (χ3v) is 1.53. The maximum absolute atomic E-state index is 11.0. The first-order valence-electron chi connectivity index (χ1n) is 4.86. The number of esters is 1. The van der Waals surface area contributed by atoms with Gasteiger partial charge >= 0.3 is 5.97 Å². The fourth-order valence-corrected chi connectivity index (χ4v) is 0.716. The number of rotatable bonds is 6. The fraction of sp³-hybridized carbons (Fsp3) is 0.875. The number of carbonyl (C=O) groups is 1. The van der Waals surface area contributed by atoms with Crippen molar-refractivity contribution >= 4 is 5.97 Å². The van der Waals surface area contributed by atoms with Crippen LogP contribution < -0.4 is 0 Å². The van der Waals surface area contributed by atoms with Crippen LogP contribution in [-0.2, 0) is 9.53 Å². The van der Waals surface area contributed by atoms with E-state index in [4.69, 9.17) is 21.8 Å². The molecular formula is C8H16O6. The molecular weight excluding hydrogens is 192 g/mol. The van der Waals surface area contributed by atoms with E-state index >= 15 is 0 Å². The third kappa shape index (κ3) is 4.01. The standard InChI is InChI=1S/C8H16O6/c1-2-3-14-8(13)7(12)6(11)5(10)4-9/h5-7,9-12H,2-4H2,1H3/t5-,6-,7+/m1/s1/i1D. The Morgan fingerprint density at radius 3 is 2.64 bits per heavy atom. The summed E-state index contributed by atoms with van der Waals surface area (Å²) in [5, 5.41) is 35.6. The Morgan fingerprint density at radius 1 is 1.50 bits per heavy atom. The van der Waals surface area contributed by atoms with E-state index in [1.165, 1.54) is 0 Å². The largest absolute Gasteiger partial charge is 0.464 e. The predicted molar refractivity (Wildman–Crippen MR) is 46.4 cm³/mol. The van der Waals surface area contributed by atoms with Crippen molar-refractivity contribution in [3.05, 3.63) is 0 Å². The minimum Gasteiger partial charge on any atom is -0.464 e. The third-order valence-electron chi connectivity index (χ3n) is 1.53. The Hall–Kier alpha value is -0.690. The Kier molecular flexibility index (Phi) is 5.46. The topological polar surface area (TPSA) is 107 Å². The quantitative estimate of drug-likeness (QED) is 0.298. The smallest absolute Gasteiger partial charge is 0.337 e. The Bertz CT molecular complexity index is 188. The molecule has 6 nitrogen and oxygen atoms in total. The molecule has 0 fully saturated rings. The van der Waals surface area contributed by atoms with Gasteiger partial charge in [-0.25, -0.2) is 4.79 Å². The number of aliphatic hydroxyl groups is 4. The lowest BCUT2D eigenvalue weighted by Crippen LogP contribution is -2.44. The van der Waals surface area contributed by atoms with Crippen molar-refractivity contribution in [2.75, 3.05) is 13.2 Å². The van der Waals surface area contributed by atoms with Crippen LogP contribution >= 0.6 is 0 Å². The van der Waals surface area contributed by atoms with Crippen molar-refractivity contribution in [2.24, 2.45) is 0 Å². The molecule has 0 amide bonds. The highest BCUT2D eigenvalue weighted by Gasteiger charge is 2.30. The Balaban J connectivity index is 3.96. The molecule has 0 aliphatic heterocycles. The van der Waals surface area contributed by atoms with Gasteiger partial charge in [-0.1, -0.05) is 6.90 Å². The van der Waals surface area contributed by atoms with Gasteiger partial charge in [-0.2, -0.15) is 0 Å². The van der Waals surface area contributed by atoms with E-state index in [1.54, 1.807) is 0 Å². The molecule has 3 atom stereocenters. The van der Waals surface area contributed by atoms with Crippen LogP contribution in [0.4, 0.5) is 0 Å². The van der Waals surface area contributed by atoms with Crippen LogP contribution in [0.3, 0.4) is 0 Å². The average Bonchev–Trinajstić information content (AvgIpc) is 2.26. The summed E-state index contributed by atoms with van der Waals surface area (Å²) < 4.78 is 11.3. The second kappa shape index (κ2) is 6.72. The normalized spacial score (nSPS) is 18.1. The first kappa shape index (κ1) is 11.4. The average molecular weight is 209 g/mol. The summed E-state index contributed by atoms with van der Waals surface area (Å²) in [5.41, 5.74) is 0. The van der Waals surface area contributed by atoms with Crippen LogP contribution in [0.15, 0.2) is 0 Å². The van der Waals surface area contributed by atoms with Gasteiger partial charge in [-0.3, -0.25) is 0 Å². The van der Waals surface area contributed by atoms with Crippen molar-refractivity contribution in [1.82, 2.24) is 0 Å².